The van der Waals surface area contributed by atoms with Gasteiger partial charge in [0.1, 0.15) is 0 Å². The molecular weight excluding hydrogens is 526 g/mol. The van der Waals surface area contributed by atoms with Crippen molar-refractivity contribution in [3.8, 4) is 23.1 Å². The van der Waals surface area contributed by atoms with Crippen molar-refractivity contribution in [2.45, 2.75) is 30.6 Å². The molecule has 4 rings (SSSR count). The monoisotopic (exact) mass is 551 g/mol. The van der Waals surface area contributed by atoms with Gasteiger partial charge in [-0.15, -0.1) is 0 Å². The molecule has 0 fully saturated rings. The van der Waals surface area contributed by atoms with Crippen LogP contribution >= 0.6 is 0 Å². The number of carbonyl (C=O) groups excluding carboxylic acids is 1. The predicted molar refractivity (Wildman–Crippen MR) is 141 cm³/mol. The summed E-state index contributed by atoms with van der Waals surface area (Å²) in [5.41, 5.74) is 0.355. The molecular formula is C27H25N3O8S. The molecule has 0 aliphatic rings. The van der Waals surface area contributed by atoms with Gasteiger partial charge >= 0.3 is 5.97 Å². The molecule has 1 heterocycles. The van der Waals surface area contributed by atoms with Gasteiger partial charge in [-0.1, -0.05) is 18.2 Å². The van der Waals surface area contributed by atoms with Crippen molar-refractivity contribution in [2.75, 3.05) is 13.2 Å². The largest absolute Gasteiger partial charge is 0.490 e. The fourth-order valence-corrected chi connectivity index (χ4v) is 5.34. The summed E-state index contributed by atoms with van der Waals surface area (Å²) >= 11 is 0. The Kier molecular flexibility index (Phi) is 7.96. The summed E-state index contributed by atoms with van der Waals surface area (Å²) < 4.78 is 45.5. The first-order valence-electron chi connectivity index (χ1n) is 11.9. The Balaban J connectivity index is 1.83. The first-order chi connectivity index (χ1) is 18.7. The van der Waals surface area contributed by atoms with Crippen molar-refractivity contribution in [3.05, 3.63) is 94.2 Å². The SMILES string of the molecule is CCOc1ccc(C(=O)Oc2c(S(=O)(=O)c3ccc([N+](=O)[O-])cc3)c(C)nn2-c2ccccc2)cc1OCC. The van der Waals surface area contributed by atoms with Crippen LogP contribution in [0.4, 0.5) is 5.69 Å². The molecule has 202 valence electrons. The first kappa shape index (κ1) is 27.3. The minimum Gasteiger partial charge on any atom is -0.490 e. The molecule has 39 heavy (non-hydrogen) atoms. The van der Waals surface area contributed by atoms with Crippen LogP contribution in [-0.4, -0.2) is 42.3 Å². The Labute approximate surface area is 224 Å². The zero-order valence-electron chi connectivity index (χ0n) is 21.4. The topological polar surface area (TPSA) is 140 Å². The number of benzene rings is 3. The molecule has 12 heteroatoms. The number of hydrogen-bond donors (Lipinski definition) is 0. The number of aromatic nitrogens is 2. The summed E-state index contributed by atoms with van der Waals surface area (Å²) in [6.07, 6.45) is 0. The second kappa shape index (κ2) is 11.4. The third-order valence-electron chi connectivity index (χ3n) is 5.56. The lowest BCUT2D eigenvalue weighted by Gasteiger charge is -2.13. The number of sulfone groups is 1. The van der Waals surface area contributed by atoms with E-state index in [2.05, 4.69) is 5.10 Å². The van der Waals surface area contributed by atoms with Crippen LogP contribution in [0.3, 0.4) is 0 Å². The highest BCUT2D eigenvalue weighted by molar-refractivity contribution is 7.91. The molecule has 0 N–H and O–H groups in total. The summed E-state index contributed by atoms with van der Waals surface area (Å²) in [7, 11) is -4.32. The third-order valence-corrected chi connectivity index (χ3v) is 7.46. The number of aryl methyl sites for hydroxylation is 1. The maximum atomic E-state index is 13.7. The van der Waals surface area contributed by atoms with Crippen LogP contribution in [0.2, 0.25) is 0 Å². The van der Waals surface area contributed by atoms with Crippen LogP contribution < -0.4 is 14.2 Å². The molecule has 3 aromatic carbocycles. The van der Waals surface area contributed by atoms with Gasteiger partial charge in [-0.2, -0.15) is 9.78 Å². The van der Waals surface area contributed by atoms with Crippen LogP contribution in [-0.2, 0) is 9.84 Å². The Bertz CT molecular complexity index is 1610. The molecule has 0 saturated heterocycles. The molecule has 0 amide bonds. The summed E-state index contributed by atoms with van der Waals surface area (Å²) in [6, 6.07) is 17.5. The van der Waals surface area contributed by atoms with E-state index >= 15 is 0 Å². The zero-order chi connectivity index (χ0) is 28.2. The Hall–Kier alpha value is -4.71. The van der Waals surface area contributed by atoms with E-state index in [1.165, 1.54) is 23.7 Å². The first-order valence-corrected chi connectivity index (χ1v) is 13.4. The maximum absolute atomic E-state index is 13.7. The molecule has 0 saturated carbocycles. The molecule has 0 aliphatic carbocycles. The van der Waals surface area contributed by atoms with Crippen molar-refractivity contribution in [1.29, 1.82) is 0 Å². The number of nitrogens with zero attached hydrogens (tertiary/aromatic N) is 3. The van der Waals surface area contributed by atoms with Crippen molar-refractivity contribution >= 4 is 21.5 Å². The minimum absolute atomic E-state index is 0.0710. The van der Waals surface area contributed by atoms with Crippen molar-refractivity contribution in [1.82, 2.24) is 9.78 Å². The molecule has 4 aromatic rings. The molecule has 1 aromatic heterocycles. The number of hydrogen-bond acceptors (Lipinski definition) is 9. The lowest BCUT2D eigenvalue weighted by Crippen LogP contribution is -2.15. The summed E-state index contributed by atoms with van der Waals surface area (Å²) in [4.78, 5) is 23.2. The Morgan fingerprint density at radius 3 is 2.21 bits per heavy atom. The van der Waals surface area contributed by atoms with E-state index in [0.29, 0.717) is 30.4 Å². The number of nitro groups is 1. The average Bonchev–Trinajstić information content (AvgIpc) is 3.26. The number of ether oxygens (including phenoxy) is 3. The fraction of sp³-hybridized carbons (Fsp3) is 0.185. The van der Waals surface area contributed by atoms with Gasteiger partial charge in [0.05, 0.1) is 40.0 Å². The van der Waals surface area contributed by atoms with Gasteiger partial charge in [0.15, 0.2) is 16.4 Å². The molecule has 11 nitrogen and oxygen atoms in total. The Morgan fingerprint density at radius 1 is 0.949 bits per heavy atom. The van der Waals surface area contributed by atoms with E-state index in [-0.39, 0.29) is 32.6 Å². The molecule has 0 aliphatic heterocycles. The van der Waals surface area contributed by atoms with E-state index in [4.69, 9.17) is 14.2 Å². The molecule has 0 radical (unpaired) electrons. The average molecular weight is 552 g/mol. The summed E-state index contributed by atoms with van der Waals surface area (Å²) in [5, 5.41) is 15.4. The smallest absolute Gasteiger partial charge is 0.345 e. The summed E-state index contributed by atoms with van der Waals surface area (Å²) in [6.45, 7) is 5.80. The van der Waals surface area contributed by atoms with Crippen LogP contribution in [0.1, 0.15) is 29.9 Å². The predicted octanol–water partition coefficient (Wildman–Crippen LogP) is 4.94. The van der Waals surface area contributed by atoms with Crippen LogP contribution in [0.25, 0.3) is 5.69 Å². The van der Waals surface area contributed by atoms with Gasteiger partial charge < -0.3 is 14.2 Å². The van der Waals surface area contributed by atoms with Gasteiger partial charge in [-0.3, -0.25) is 10.1 Å². The van der Waals surface area contributed by atoms with E-state index in [1.54, 1.807) is 43.3 Å². The number of nitro benzene ring substituents is 1. The van der Waals surface area contributed by atoms with Crippen LogP contribution in [0, 0.1) is 17.0 Å². The highest BCUT2D eigenvalue weighted by Gasteiger charge is 2.32. The quantitative estimate of drug-likeness (QED) is 0.152. The molecule has 0 atom stereocenters. The normalized spacial score (nSPS) is 11.2. The number of rotatable bonds is 10. The van der Waals surface area contributed by atoms with Gasteiger partial charge in [0.25, 0.3) is 5.69 Å². The van der Waals surface area contributed by atoms with E-state index in [0.717, 1.165) is 24.3 Å². The standard InChI is InChI=1S/C27H25N3O8S/c1-4-36-23-16-11-19(17-24(23)37-5-2)27(31)38-26-25(18(3)28-29(26)20-9-7-6-8-10-20)39(34,35)22-14-12-21(13-15-22)30(32)33/h6-17H,4-5H2,1-3H3. The fourth-order valence-electron chi connectivity index (χ4n) is 3.82. The van der Waals surface area contributed by atoms with Gasteiger partial charge in [-0.25, -0.2) is 13.2 Å². The highest BCUT2D eigenvalue weighted by atomic mass is 32.2. The Morgan fingerprint density at radius 2 is 1.59 bits per heavy atom. The van der Waals surface area contributed by atoms with Gasteiger partial charge in [-0.05, 0) is 63.2 Å². The van der Waals surface area contributed by atoms with Crippen molar-refractivity contribution < 1.29 is 32.3 Å². The molecule has 0 spiro atoms. The number of para-hydroxylation sites is 1. The lowest BCUT2D eigenvalue weighted by molar-refractivity contribution is -0.384. The van der Waals surface area contributed by atoms with Gasteiger partial charge in [0.2, 0.25) is 15.7 Å². The molecule has 0 bridgehead atoms. The van der Waals surface area contributed by atoms with E-state index in [9.17, 15) is 23.3 Å². The maximum Gasteiger partial charge on any atom is 0.345 e. The third kappa shape index (κ3) is 5.60. The van der Waals surface area contributed by atoms with Gasteiger partial charge in [0, 0.05) is 12.1 Å². The van der Waals surface area contributed by atoms with E-state index in [1.807, 2.05) is 6.92 Å². The van der Waals surface area contributed by atoms with Crippen LogP contribution in [0.5, 0.6) is 17.4 Å². The van der Waals surface area contributed by atoms with Crippen molar-refractivity contribution in [2.24, 2.45) is 0 Å². The number of non-ortho nitro benzene ring substituents is 1. The number of carbonyl (C=O) groups is 1. The zero-order valence-corrected chi connectivity index (χ0v) is 22.2. The molecule has 0 unspecified atom stereocenters. The van der Waals surface area contributed by atoms with E-state index < -0.39 is 20.7 Å². The lowest BCUT2D eigenvalue weighted by atomic mass is 10.2. The minimum atomic E-state index is -4.32. The second-order valence-corrected chi connectivity index (χ2v) is 10.0. The highest BCUT2D eigenvalue weighted by Crippen LogP contribution is 2.36. The number of esters is 1. The summed E-state index contributed by atoms with van der Waals surface area (Å²) in [5.74, 6) is -0.395. The second-order valence-electron chi connectivity index (χ2n) is 8.14. The van der Waals surface area contributed by atoms with Crippen LogP contribution in [0.15, 0.2) is 82.6 Å². The van der Waals surface area contributed by atoms with Crippen molar-refractivity contribution in [3.63, 3.8) is 0 Å².